The fourth-order valence-corrected chi connectivity index (χ4v) is 0.341. The molecule has 1 N–H and O–H groups in total. The molecule has 0 aliphatic heterocycles. The fourth-order valence-electron chi connectivity index (χ4n) is 0.264. The minimum absolute atomic E-state index is 0.121. The van der Waals surface area contributed by atoms with E-state index in [1.807, 2.05) is 0 Å². The molecule has 0 radical (unpaired) electrons. The van der Waals surface area contributed by atoms with Gasteiger partial charge in [0.25, 0.3) is 0 Å². The number of hydrogen-bond acceptors (Lipinski definition) is 2. The van der Waals surface area contributed by atoms with Crippen molar-refractivity contribution in [3.05, 3.63) is 12.2 Å². The van der Waals surface area contributed by atoms with E-state index in [-0.39, 0.29) is 5.90 Å². The molecule has 0 aromatic heterocycles. The summed E-state index contributed by atoms with van der Waals surface area (Å²) in [4.78, 5) is 0. The van der Waals surface area contributed by atoms with Gasteiger partial charge in [0.15, 0.2) is 0 Å². The smallest absolute Gasteiger partial charge is 0.208 e. The van der Waals surface area contributed by atoms with E-state index < -0.39 is 0 Å². The van der Waals surface area contributed by atoms with Crippen LogP contribution in [0.4, 0.5) is 0 Å². The summed E-state index contributed by atoms with van der Waals surface area (Å²) in [6, 6.07) is 0. The van der Waals surface area contributed by atoms with Crippen molar-refractivity contribution in [2.75, 3.05) is 12.5 Å². The molecule has 9 heavy (non-hydrogen) atoms. The van der Waals surface area contributed by atoms with Crippen LogP contribution in [0.1, 0.15) is 6.92 Å². The van der Waals surface area contributed by atoms with E-state index in [1.165, 1.54) is 0 Å². The largest absolute Gasteiger partial charge is 0.477 e. The highest BCUT2D eigenvalue weighted by Crippen LogP contribution is 1.92. The summed E-state index contributed by atoms with van der Waals surface area (Å²) < 4.78 is 4.80. The molecule has 0 atom stereocenters. The van der Waals surface area contributed by atoms with E-state index in [9.17, 15) is 0 Å². The van der Waals surface area contributed by atoms with Crippen molar-refractivity contribution >= 4 is 17.5 Å². The van der Waals surface area contributed by atoms with E-state index in [2.05, 4.69) is 6.58 Å². The number of halogens is 1. The summed E-state index contributed by atoms with van der Waals surface area (Å²) in [5, 5.41) is 7.07. The molecule has 0 saturated carbocycles. The maximum atomic E-state index is 7.07. The highest BCUT2D eigenvalue weighted by Gasteiger charge is 1.94. The zero-order chi connectivity index (χ0) is 7.28. The first-order chi connectivity index (χ1) is 4.18. The SMILES string of the molecule is C=C(C)C(=N)OCCCl. The third-order valence-corrected chi connectivity index (χ3v) is 0.865. The molecule has 0 saturated heterocycles. The Morgan fingerprint density at radius 2 is 2.33 bits per heavy atom. The Bertz CT molecular complexity index is 122. The Kier molecular flexibility index (Phi) is 4.14. The van der Waals surface area contributed by atoms with Crippen LogP contribution in [0.5, 0.6) is 0 Å². The molecule has 0 fully saturated rings. The minimum atomic E-state index is 0.121. The maximum absolute atomic E-state index is 7.07. The van der Waals surface area contributed by atoms with Gasteiger partial charge < -0.3 is 4.74 Å². The molecule has 0 bridgehead atoms. The van der Waals surface area contributed by atoms with Crippen LogP contribution in [0.15, 0.2) is 12.2 Å². The molecule has 0 aliphatic carbocycles. The van der Waals surface area contributed by atoms with Gasteiger partial charge in [-0.25, -0.2) is 0 Å². The molecule has 0 aliphatic rings. The van der Waals surface area contributed by atoms with Crippen LogP contribution in [-0.4, -0.2) is 18.4 Å². The van der Waals surface area contributed by atoms with E-state index in [4.69, 9.17) is 21.7 Å². The van der Waals surface area contributed by atoms with E-state index >= 15 is 0 Å². The van der Waals surface area contributed by atoms with Crippen LogP contribution in [0, 0.1) is 5.41 Å². The Balaban J connectivity index is 3.39. The predicted octanol–water partition coefficient (Wildman–Crippen LogP) is 1.80. The van der Waals surface area contributed by atoms with Gasteiger partial charge in [0.05, 0.1) is 5.88 Å². The zero-order valence-corrected chi connectivity index (χ0v) is 6.16. The average molecular weight is 148 g/mol. The Labute approximate surface area is 60.0 Å². The van der Waals surface area contributed by atoms with Gasteiger partial charge in [-0.3, -0.25) is 5.41 Å². The molecule has 0 rings (SSSR count). The van der Waals surface area contributed by atoms with Crippen molar-refractivity contribution in [2.24, 2.45) is 0 Å². The number of alkyl halides is 1. The van der Waals surface area contributed by atoms with Crippen molar-refractivity contribution < 1.29 is 4.74 Å². The number of hydrogen-bond donors (Lipinski definition) is 1. The lowest BCUT2D eigenvalue weighted by Crippen LogP contribution is -2.05. The van der Waals surface area contributed by atoms with E-state index in [0.29, 0.717) is 18.1 Å². The second-order valence-corrected chi connectivity index (χ2v) is 2.02. The topological polar surface area (TPSA) is 33.1 Å². The van der Waals surface area contributed by atoms with Crippen molar-refractivity contribution in [3.8, 4) is 0 Å². The number of nitrogens with one attached hydrogen (secondary N) is 1. The summed E-state index contributed by atoms with van der Waals surface area (Å²) in [5.41, 5.74) is 0.625. The Morgan fingerprint density at radius 1 is 1.78 bits per heavy atom. The summed E-state index contributed by atoms with van der Waals surface area (Å²) in [6.45, 7) is 5.62. The number of ether oxygens (including phenoxy) is 1. The molecular weight excluding hydrogens is 138 g/mol. The van der Waals surface area contributed by atoms with Gasteiger partial charge in [0.2, 0.25) is 5.90 Å². The van der Waals surface area contributed by atoms with Crippen LogP contribution in [0.25, 0.3) is 0 Å². The normalized spacial score (nSPS) is 8.67. The third-order valence-electron chi connectivity index (χ3n) is 0.711. The van der Waals surface area contributed by atoms with Gasteiger partial charge in [0.1, 0.15) is 6.61 Å². The first kappa shape index (κ1) is 8.50. The molecule has 0 aromatic rings. The van der Waals surface area contributed by atoms with Gasteiger partial charge in [-0.1, -0.05) is 6.58 Å². The van der Waals surface area contributed by atoms with Crippen LogP contribution in [0.2, 0.25) is 0 Å². The van der Waals surface area contributed by atoms with Gasteiger partial charge >= 0.3 is 0 Å². The molecular formula is C6H10ClNO. The summed E-state index contributed by atoms with van der Waals surface area (Å²) in [7, 11) is 0. The van der Waals surface area contributed by atoms with Gasteiger partial charge in [-0.2, -0.15) is 0 Å². The molecule has 0 amide bonds. The first-order valence-corrected chi connectivity index (χ1v) is 3.15. The lowest BCUT2D eigenvalue weighted by atomic mass is 10.3. The van der Waals surface area contributed by atoms with Gasteiger partial charge in [0, 0.05) is 5.57 Å². The molecule has 52 valence electrons. The lowest BCUT2D eigenvalue weighted by molar-refractivity contribution is 0.327. The van der Waals surface area contributed by atoms with Gasteiger partial charge in [-0.15, -0.1) is 11.6 Å². The molecule has 0 unspecified atom stereocenters. The van der Waals surface area contributed by atoms with Crippen molar-refractivity contribution in [2.45, 2.75) is 6.92 Å². The van der Waals surface area contributed by atoms with E-state index in [0.717, 1.165) is 0 Å². The second-order valence-electron chi connectivity index (χ2n) is 1.65. The third kappa shape index (κ3) is 4.03. The van der Waals surface area contributed by atoms with Crippen molar-refractivity contribution in [1.29, 1.82) is 5.41 Å². The van der Waals surface area contributed by atoms with Crippen molar-refractivity contribution in [3.63, 3.8) is 0 Å². The highest BCUT2D eigenvalue weighted by atomic mass is 35.5. The summed E-state index contributed by atoms with van der Waals surface area (Å²) >= 11 is 5.30. The van der Waals surface area contributed by atoms with E-state index in [1.54, 1.807) is 6.92 Å². The summed E-state index contributed by atoms with van der Waals surface area (Å²) in [6.07, 6.45) is 0. The standard InChI is InChI=1S/C6H10ClNO/c1-5(2)6(8)9-4-3-7/h8H,1,3-4H2,2H3. The lowest BCUT2D eigenvalue weighted by Gasteiger charge is -2.02. The quantitative estimate of drug-likeness (QED) is 0.369. The molecule has 0 heterocycles. The highest BCUT2D eigenvalue weighted by molar-refractivity contribution is 6.18. The Hall–Kier alpha value is -0.500. The Morgan fingerprint density at radius 3 is 2.67 bits per heavy atom. The molecule has 3 heteroatoms. The predicted molar refractivity (Wildman–Crippen MR) is 39.2 cm³/mol. The molecule has 0 spiro atoms. The van der Waals surface area contributed by atoms with Crippen LogP contribution in [-0.2, 0) is 4.74 Å². The first-order valence-electron chi connectivity index (χ1n) is 2.61. The molecule has 0 aromatic carbocycles. The minimum Gasteiger partial charge on any atom is -0.477 e. The van der Waals surface area contributed by atoms with Crippen LogP contribution in [0.3, 0.4) is 0 Å². The fraction of sp³-hybridized carbons (Fsp3) is 0.500. The molecule has 2 nitrogen and oxygen atoms in total. The van der Waals surface area contributed by atoms with Crippen LogP contribution < -0.4 is 0 Å². The summed E-state index contributed by atoms with van der Waals surface area (Å²) in [5.74, 6) is 0.533. The number of rotatable bonds is 3. The average Bonchev–Trinajstić information content (AvgIpc) is 1.82. The van der Waals surface area contributed by atoms with Crippen molar-refractivity contribution in [1.82, 2.24) is 0 Å². The zero-order valence-electron chi connectivity index (χ0n) is 5.41. The monoisotopic (exact) mass is 147 g/mol. The van der Waals surface area contributed by atoms with Crippen LogP contribution >= 0.6 is 11.6 Å². The van der Waals surface area contributed by atoms with Gasteiger partial charge in [-0.05, 0) is 6.92 Å². The second kappa shape index (κ2) is 4.39. The maximum Gasteiger partial charge on any atom is 0.208 e.